The number of hydrogen-bond acceptors (Lipinski definition) is 4. The summed E-state index contributed by atoms with van der Waals surface area (Å²) in [5.74, 6) is 0.349. The van der Waals surface area contributed by atoms with E-state index in [0.29, 0.717) is 21.9 Å². The summed E-state index contributed by atoms with van der Waals surface area (Å²) in [7, 11) is 1.89. The number of aliphatic hydroxyl groups is 1. The maximum Gasteiger partial charge on any atom is 0.138 e. The topological polar surface area (TPSA) is 52.1 Å². The van der Waals surface area contributed by atoms with E-state index < -0.39 is 0 Å². The number of aromatic nitrogens is 2. The second-order valence-electron chi connectivity index (χ2n) is 5.59. The average molecular weight is 457 g/mol. The molecule has 4 nitrogen and oxygen atoms in total. The summed E-state index contributed by atoms with van der Waals surface area (Å²) in [5, 5.41) is 9.66. The van der Waals surface area contributed by atoms with Crippen LogP contribution in [0.2, 0.25) is 5.02 Å². The van der Waals surface area contributed by atoms with E-state index in [1.54, 1.807) is 12.3 Å². The molecule has 136 valence electrons. The molecular formula is C18H16BrClFN3OS. The molecule has 0 radical (unpaired) electrons. The smallest absolute Gasteiger partial charge is 0.138 e. The third kappa shape index (κ3) is 4.47. The molecular weight excluding hydrogens is 441 g/mol. The fourth-order valence-electron chi connectivity index (χ4n) is 2.35. The van der Waals surface area contributed by atoms with Gasteiger partial charge in [0.05, 0.1) is 28.0 Å². The number of nitrogens with one attached hydrogen (secondary N) is 1. The van der Waals surface area contributed by atoms with Crippen molar-refractivity contribution in [2.24, 2.45) is 0 Å². The van der Waals surface area contributed by atoms with Gasteiger partial charge >= 0.3 is 0 Å². The molecule has 0 saturated carbocycles. The van der Waals surface area contributed by atoms with Crippen molar-refractivity contribution in [2.75, 3.05) is 20.2 Å². The molecule has 0 unspecified atom stereocenters. The maximum atomic E-state index is 13.8. The zero-order chi connectivity index (χ0) is 18.7. The van der Waals surface area contributed by atoms with Crippen molar-refractivity contribution in [3.8, 4) is 22.6 Å². The molecule has 26 heavy (non-hydrogen) atoms. The number of rotatable bonds is 6. The van der Waals surface area contributed by atoms with Gasteiger partial charge in [0, 0.05) is 22.6 Å². The first-order valence-corrected chi connectivity index (χ1v) is 9.72. The van der Waals surface area contributed by atoms with E-state index in [4.69, 9.17) is 16.7 Å². The van der Waals surface area contributed by atoms with Crippen LogP contribution in [0.25, 0.3) is 22.6 Å². The first-order valence-electron chi connectivity index (χ1n) is 7.78. The highest BCUT2D eigenvalue weighted by molar-refractivity contribution is 9.10. The van der Waals surface area contributed by atoms with E-state index in [2.05, 4.69) is 25.9 Å². The maximum absolute atomic E-state index is 13.8. The number of H-pyrrole nitrogens is 1. The second kappa shape index (κ2) is 8.54. The molecule has 0 amide bonds. The van der Waals surface area contributed by atoms with Gasteiger partial charge in [0.2, 0.25) is 0 Å². The van der Waals surface area contributed by atoms with Crippen molar-refractivity contribution in [1.82, 2.24) is 14.3 Å². The van der Waals surface area contributed by atoms with Crippen molar-refractivity contribution >= 4 is 39.5 Å². The molecule has 0 aliphatic heterocycles. The normalized spacial score (nSPS) is 11.3. The lowest BCUT2D eigenvalue weighted by Gasteiger charge is -2.15. The molecule has 0 spiro atoms. The predicted molar refractivity (Wildman–Crippen MR) is 108 cm³/mol. The number of benzene rings is 2. The van der Waals surface area contributed by atoms with Gasteiger partial charge in [-0.15, -0.1) is 0 Å². The van der Waals surface area contributed by atoms with Gasteiger partial charge in [0.25, 0.3) is 0 Å². The highest BCUT2D eigenvalue weighted by Crippen LogP contribution is 2.33. The summed E-state index contributed by atoms with van der Waals surface area (Å²) in [5.41, 5.74) is 2.32. The summed E-state index contributed by atoms with van der Waals surface area (Å²) in [6, 6.07) is 10.6. The van der Waals surface area contributed by atoms with Crippen LogP contribution in [0.5, 0.6) is 0 Å². The number of nitrogens with zero attached hydrogens (tertiary/aromatic N) is 2. The van der Waals surface area contributed by atoms with Crippen molar-refractivity contribution in [3.63, 3.8) is 0 Å². The molecule has 0 bridgehead atoms. The van der Waals surface area contributed by atoms with Gasteiger partial charge in [-0.05, 0) is 65.3 Å². The predicted octanol–water partition coefficient (Wildman–Crippen LogP) is 5.23. The summed E-state index contributed by atoms with van der Waals surface area (Å²) < 4.78 is 16.1. The molecule has 0 fully saturated rings. The lowest BCUT2D eigenvalue weighted by atomic mass is 10.2. The number of halogens is 3. The Kier molecular flexibility index (Phi) is 6.37. The Labute approximate surface area is 168 Å². The van der Waals surface area contributed by atoms with Gasteiger partial charge in [0.1, 0.15) is 11.6 Å². The Bertz CT molecular complexity index is 921. The molecule has 1 aromatic heterocycles. The Morgan fingerprint density at radius 1 is 1.27 bits per heavy atom. The van der Waals surface area contributed by atoms with E-state index >= 15 is 0 Å². The van der Waals surface area contributed by atoms with Crippen LogP contribution in [-0.2, 0) is 0 Å². The van der Waals surface area contributed by atoms with Crippen LogP contribution in [0, 0.1) is 5.82 Å². The van der Waals surface area contributed by atoms with Gasteiger partial charge in [-0.3, -0.25) is 0 Å². The van der Waals surface area contributed by atoms with E-state index in [-0.39, 0.29) is 12.4 Å². The Morgan fingerprint density at radius 3 is 2.77 bits per heavy atom. The number of imidazole rings is 1. The number of aliphatic hydroxyl groups excluding tert-OH is 1. The first kappa shape index (κ1) is 19.4. The van der Waals surface area contributed by atoms with Crippen LogP contribution in [0.1, 0.15) is 0 Å². The lowest BCUT2D eigenvalue weighted by molar-refractivity contribution is 0.273. The third-order valence-electron chi connectivity index (χ3n) is 3.68. The summed E-state index contributed by atoms with van der Waals surface area (Å²) in [6.45, 7) is 0.608. The van der Waals surface area contributed by atoms with Crippen LogP contribution >= 0.6 is 39.5 Å². The fourth-order valence-corrected chi connectivity index (χ4v) is 3.66. The number of aromatic amines is 1. The Balaban J connectivity index is 1.88. The van der Waals surface area contributed by atoms with Crippen molar-refractivity contribution in [3.05, 3.63) is 57.9 Å². The zero-order valence-electron chi connectivity index (χ0n) is 13.8. The van der Waals surface area contributed by atoms with E-state index in [0.717, 1.165) is 21.7 Å². The molecule has 0 saturated heterocycles. The highest BCUT2D eigenvalue weighted by atomic mass is 79.9. The third-order valence-corrected chi connectivity index (χ3v) is 5.79. The van der Waals surface area contributed by atoms with Crippen LogP contribution in [0.3, 0.4) is 0 Å². The van der Waals surface area contributed by atoms with Crippen LogP contribution in [0.4, 0.5) is 4.39 Å². The summed E-state index contributed by atoms with van der Waals surface area (Å²) >= 11 is 10.9. The van der Waals surface area contributed by atoms with Gasteiger partial charge in [0.15, 0.2) is 0 Å². The van der Waals surface area contributed by atoms with Gasteiger partial charge in [-0.1, -0.05) is 17.7 Å². The van der Waals surface area contributed by atoms with Crippen LogP contribution in [0.15, 0.2) is 52.0 Å². The minimum atomic E-state index is -0.323. The number of likely N-dealkylation sites (N-methyl/N-ethyl adjacent to an activating group) is 1. The van der Waals surface area contributed by atoms with E-state index in [1.807, 2.05) is 35.6 Å². The first-order chi connectivity index (χ1) is 12.5. The molecule has 0 aliphatic rings. The standard InChI is InChI=1S/C18H16BrClFN3OS/c1-24(6-7-25)26-17-9-12(3-5-14(17)20)18-22-10-16(23-18)11-2-4-13(19)15(21)8-11/h2-5,8-10,25H,6-7H2,1H3,(H,22,23). The number of hydrogen-bond donors (Lipinski definition) is 2. The zero-order valence-corrected chi connectivity index (χ0v) is 17.0. The largest absolute Gasteiger partial charge is 0.395 e. The van der Waals surface area contributed by atoms with E-state index in [1.165, 1.54) is 18.0 Å². The van der Waals surface area contributed by atoms with Gasteiger partial charge < -0.3 is 10.1 Å². The van der Waals surface area contributed by atoms with Crippen molar-refractivity contribution in [1.29, 1.82) is 0 Å². The minimum Gasteiger partial charge on any atom is -0.395 e. The fraction of sp³-hybridized carbons (Fsp3) is 0.167. The van der Waals surface area contributed by atoms with Crippen molar-refractivity contribution < 1.29 is 9.50 Å². The molecule has 8 heteroatoms. The molecule has 2 aromatic carbocycles. The highest BCUT2D eigenvalue weighted by Gasteiger charge is 2.11. The molecule has 0 aliphatic carbocycles. The summed E-state index contributed by atoms with van der Waals surface area (Å²) in [4.78, 5) is 8.49. The SMILES string of the molecule is CN(CCO)Sc1cc(-c2ncc(-c3ccc(Br)c(F)c3)[nH]2)ccc1Cl. The molecule has 2 N–H and O–H groups in total. The Morgan fingerprint density at radius 2 is 2.04 bits per heavy atom. The second-order valence-corrected chi connectivity index (χ2v) is 8.09. The van der Waals surface area contributed by atoms with Crippen LogP contribution in [-0.4, -0.2) is 39.6 Å². The molecule has 3 aromatic rings. The average Bonchev–Trinajstić information content (AvgIpc) is 3.09. The molecule has 0 atom stereocenters. The van der Waals surface area contributed by atoms with Gasteiger partial charge in [-0.25, -0.2) is 13.7 Å². The molecule has 1 heterocycles. The Hall–Kier alpha value is -1.38. The monoisotopic (exact) mass is 455 g/mol. The van der Waals surface area contributed by atoms with Gasteiger partial charge in [-0.2, -0.15) is 0 Å². The minimum absolute atomic E-state index is 0.0755. The quantitative estimate of drug-likeness (QED) is 0.499. The summed E-state index contributed by atoms with van der Waals surface area (Å²) in [6.07, 6.45) is 1.68. The van der Waals surface area contributed by atoms with E-state index in [9.17, 15) is 4.39 Å². The van der Waals surface area contributed by atoms with Crippen molar-refractivity contribution in [2.45, 2.75) is 4.90 Å². The van der Waals surface area contributed by atoms with Crippen LogP contribution < -0.4 is 0 Å². The lowest BCUT2D eigenvalue weighted by Crippen LogP contribution is -2.13. The molecule has 3 rings (SSSR count).